The van der Waals surface area contributed by atoms with Gasteiger partial charge in [-0.1, -0.05) is 6.92 Å². The molecule has 4 heteroatoms. The highest BCUT2D eigenvalue weighted by Gasteiger charge is 2.60. The van der Waals surface area contributed by atoms with Crippen LogP contribution in [0.1, 0.15) is 65.2 Å². The fourth-order valence-electron chi connectivity index (χ4n) is 7.49. The molecule has 4 rings (SSSR count). The van der Waals surface area contributed by atoms with Crippen molar-refractivity contribution in [3.8, 4) is 0 Å². The Hall–Kier alpha value is -0.223. The molecule has 142 valence electrons. The third kappa shape index (κ3) is 2.86. The molecule has 0 bridgehead atoms. The lowest BCUT2D eigenvalue weighted by molar-refractivity contribution is -0.136. The lowest BCUT2D eigenvalue weighted by Crippen LogP contribution is -2.51. The van der Waals surface area contributed by atoms with Crippen LogP contribution in [-0.4, -0.2) is 26.6 Å². The molecule has 0 amide bonds. The monoisotopic (exact) mass is 366 g/mol. The van der Waals surface area contributed by atoms with Gasteiger partial charge in [0.2, 0.25) is 0 Å². The van der Waals surface area contributed by atoms with Crippen LogP contribution in [0, 0.1) is 35.0 Å². The predicted molar refractivity (Wildman–Crippen MR) is 101 cm³/mol. The van der Waals surface area contributed by atoms with Crippen LogP contribution < -0.4 is 0 Å². The minimum atomic E-state index is -1.19. The lowest BCUT2D eigenvalue weighted by Gasteiger charge is -2.56. The van der Waals surface area contributed by atoms with Crippen LogP contribution in [0.25, 0.3) is 0 Å². The van der Waals surface area contributed by atoms with Crippen molar-refractivity contribution >= 4 is 14.8 Å². The fourth-order valence-corrected chi connectivity index (χ4v) is 8.84. The Morgan fingerprint density at radius 2 is 1.76 bits per heavy atom. The summed E-state index contributed by atoms with van der Waals surface area (Å²) in [5.41, 5.74) is -0.256. The molecule has 0 aliphatic heterocycles. The largest absolute Gasteiger partial charge is 0.415 e. The molecular weight excluding hydrogens is 331 g/mol. The second-order valence-electron chi connectivity index (χ2n) is 10.3. The van der Waals surface area contributed by atoms with Gasteiger partial charge in [-0.25, -0.2) is 4.39 Å². The van der Waals surface area contributed by atoms with E-state index in [1.807, 2.05) is 0 Å². The average Bonchev–Trinajstić information content (AvgIpc) is 2.77. The standard InChI is InChI=1S/C21H35FO2Si/c1-20(24-25(3)4)9-7-14-13(12-20)5-6-16-15(14)8-10-21(2)17(16)11-18(22)19(21)23/h13-18,25H,5-12H2,1-4H3/t13-,14+,15-,16-,17+,18-,20-,21+/m1/s1. The van der Waals surface area contributed by atoms with Crippen molar-refractivity contribution < 1.29 is 13.6 Å². The second-order valence-corrected chi connectivity index (χ2v) is 12.7. The first-order valence-electron chi connectivity index (χ1n) is 10.6. The smallest absolute Gasteiger partial charge is 0.173 e. The van der Waals surface area contributed by atoms with Gasteiger partial charge < -0.3 is 4.43 Å². The van der Waals surface area contributed by atoms with Crippen LogP contribution in [0.5, 0.6) is 0 Å². The molecule has 0 radical (unpaired) electrons. The molecule has 0 aromatic rings. The maximum atomic E-state index is 14.2. The molecule has 8 atom stereocenters. The molecule has 0 spiro atoms. The summed E-state index contributed by atoms with van der Waals surface area (Å²) in [5, 5.41) is 0. The third-order valence-electron chi connectivity index (χ3n) is 8.44. The van der Waals surface area contributed by atoms with Gasteiger partial charge in [0.25, 0.3) is 0 Å². The third-order valence-corrected chi connectivity index (χ3v) is 9.48. The second kappa shape index (κ2) is 6.15. The normalized spacial score (nSPS) is 52.6. The van der Waals surface area contributed by atoms with Crippen molar-refractivity contribution in [1.82, 2.24) is 0 Å². The van der Waals surface area contributed by atoms with Crippen molar-refractivity contribution in [2.24, 2.45) is 35.0 Å². The van der Waals surface area contributed by atoms with Crippen molar-refractivity contribution in [3.05, 3.63) is 0 Å². The number of Topliss-reactive ketones (excluding diaryl/α,β-unsaturated/α-hetero) is 1. The summed E-state index contributed by atoms with van der Waals surface area (Å²) < 4.78 is 20.6. The summed E-state index contributed by atoms with van der Waals surface area (Å²) in [4.78, 5) is 12.4. The average molecular weight is 367 g/mol. The number of hydrogen-bond donors (Lipinski definition) is 0. The Morgan fingerprint density at radius 1 is 1.04 bits per heavy atom. The molecule has 4 saturated carbocycles. The molecule has 0 N–H and O–H groups in total. The van der Waals surface area contributed by atoms with Crippen LogP contribution in [0.2, 0.25) is 13.1 Å². The molecule has 4 fully saturated rings. The van der Waals surface area contributed by atoms with Gasteiger partial charge in [0.1, 0.15) is 0 Å². The molecule has 4 aliphatic carbocycles. The van der Waals surface area contributed by atoms with E-state index in [1.54, 1.807) is 0 Å². The molecule has 0 saturated heterocycles. The highest BCUT2D eigenvalue weighted by Crippen LogP contribution is 2.62. The molecule has 4 aliphatic rings. The van der Waals surface area contributed by atoms with Crippen LogP contribution in [0.15, 0.2) is 0 Å². The molecule has 0 aromatic heterocycles. The fraction of sp³-hybridized carbons (Fsp3) is 0.952. The van der Waals surface area contributed by atoms with Crippen LogP contribution >= 0.6 is 0 Å². The topological polar surface area (TPSA) is 26.3 Å². The summed E-state index contributed by atoms with van der Waals surface area (Å²) in [6.07, 6.45) is 7.55. The van der Waals surface area contributed by atoms with E-state index in [4.69, 9.17) is 4.43 Å². The van der Waals surface area contributed by atoms with Gasteiger partial charge in [-0.05, 0) is 101 Å². The van der Waals surface area contributed by atoms with Crippen molar-refractivity contribution in [3.63, 3.8) is 0 Å². The zero-order valence-electron chi connectivity index (χ0n) is 16.4. The van der Waals surface area contributed by atoms with Crippen molar-refractivity contribution in [1.29, 1.82) is 0 Å². The molecule has 0 unspecified atom stereocenters. The first kappa shape index (κ1) is 18.2. The molecular formula is C21H35FO2Si. The Labute approximate surface area is 154 Å². The summed E-state index contributed by atoms with van der Waals surface area (Å²) in [6.45, 7) is 8.96. The van der Waals surface area contributed by atoms with Gasteiger partial charge in [0.15, 0.2) is 21.0 Å². The van der Waals surface area contributed by atoms with E-state index in [1.165, 1.54) is 32.1 Å². The van der Waals surface area contributed by atoms with Crippen LogP contribution in [-0.2, 0) is 9.22 Å². The zero-order chi connectivity index (χ0) is 18.0. The highest BCUT2D eigenvalue weighted by atomic mass is 28.3. The maximum Gasteiger partial charge on any atom is 0.173 e. The van der Waals surface area contributed by atoms with Gasteiger partial charge in [-0.15, -0.1) is 0 Å². The Bertz CT molecular complexity index is 552. The molecule has 0 heterocycles. The number of hydrogen-bond acceptors (Lipinski definition) is 2. The number of halogens is 1. The van der Waals surface area contributed by atoms with E-state index in [0.717, 1.165) is 30.6 Å². The summed E-state index contributed by atoms with van der Waals surface area (Å²) in [6, 6.07) is 0. The highest BCUT2D eigenvalue weighted by molar-refractivity contribution is 6.48. The number of fused-ring (bicyclic) bond motifs is 5. The summed E-state index contributed by atoms with van der Waals surface area (Å²) in [7, 11) is -1.01. The number of ketones is 1. The first-order valence-corrected chi connectivity index (χ1v) is 13.4. The Kier molecular flexibility index (Phi) is 4.47. The van der Waals surface area contributed by atoms with Crippen molar-refractivity contribution in [2.45, 2.75) is 90.1 Å². The van der Waals surface area contributed by atoms with E-state index >= 15 is 0 Å². The first-order chi connectivity index (χ1) is 11.7. The minimum Gasteiger partial charge on any atom is -0.415 e. The maximum absolute atomic E-state index is 14.2. The summed E-state index contributed by atoms with van der Waals surface area (Å²) in [5.74, 6) is 3.13. The van der Waals surface area contributed by atoms with E-state index in [0.29, 0.717) is 18.3 Å². The van der Waals surface area contributed by atoms with Gasteiger partial charge in [0, 0.05) is 5.41 Å². The summed E-state index contributed by atoms with van der Waals surface area (Å²) >= 11 is 0. The predicted octanol–water partition coefficient (Wildman–Crippen LogP) is 4.91. The van der Waals surface area contributed by atoms with Crippen LogP contribution in [0.3, 0.4) is 0 Å². The number of alkyl halides is 1. The lowest BCUT2D eigenvalue weighted by atomic mass is 9.50. The zero-order valence-corrected chi connectivity index (χ0v) is 17.5. The van der Waals surface area contributed by atoms with Gasteiger partial charge in [-0.3, -0.25) is 4.79 Å². The number of carbonyl (C=O) groups is 1. The molecule has 0 aromatic carbocycles. The number of carbonyl (C=O) groups excluding carboxylic acids is 1. The Balaban J connectivity index is 1.51. The van der Waals surface area contributed by atoms with Crippen molar-refractivity contribution in [2.75, 3.05) is 0 Å². The quantitative estimate of drug-likeness (QED) is 0.649. The van der Waals surface area contributed by atoms with E-state index in [9.17, 15) is 9.18 Å². The van der Waals surface area contributed by atoms with E-state index in [2.05, 4.69) is 26.9 Å². The van der Waals surface area contributed by atoms with Gasteiger partial charge >= 0.3 is 0 Å². The Morgan fingerprint density at radius 3 is 2.48 bits per heavy atom. The SMILES string of the molecule is C[SiH](C)O[C@]1(C)CC[C@H]2[C@H](CC[C@@H]3[C@@H]2CC[C@]2(C)C(=O)[C@H](F)C[C@@H]32)C1. The van der Waals surface area contributed by atoms with E-state index < -0.39 is 15.2 Å². The van der Waals surface area contributed by atoms with E-state index in [-0.39, 0.29) is 16.8 Å². The molecule has 25 heavy (non-hydrogen) atoms. The molecule has 2 nitrogen and oxygen atoms in total. The minimum absolute atomic E-state index is 0.0791. The van der Waals surface area contributed by atoms with Gasteiger partial charge in [-0.2, -0.15) is 0 Å². The van der Waals surface area contributed by atoms with Gasteiger partial charge in [0.05, 0.1) is 5.60 Å². The van der Waals surface area contributed by atoms with Crippen LogP contribution in [0.4, 0.5) is 4.39 Å². The number of rotatable bonds is 2.